The van der Waals surface area contributed by atoms with Crippen LogP contribution in [0, 0.1) is 0 Å². The SMILES string of the molecule is CNC(=O)c1cccc(NC(=O)CN2CCN(Cc3ccc(OC)c(OC)c3)CC2)c1. The number of hydrogen-bond acceptors (Lipinski definition) is 6. The number of carbonyl (C=O) groups is 2. The lowest BCUT2D eigenvalue weighted by Gasteiger charge is -2.34. The third-order valence-corrected chi connectivity index (χ3v) is 5.32. The van der Waals surface area contributed by atoms with Gasteiger partial charge in [0.15, 0.2) is 11.5 Å². The summed E-state index contributed by atoms with van der Waals surface area (Å²) in [5.74, 6) is 1.20. The molecule has 0 bridgehead atoms. The lowest BCUT2D eigenvalue weighted by Crippen LogP contribution is -2.48. The maximum absolute atomic E-state index is 12.4. The van der Waals surface area contributed by atoms with Gasteiger partial charge in [0.05, 0.1) is 20.8 Å². The zero-order chi connectivity index (χ0) is 22.2. The van der Waals surface area contributed by atoms with Crippen LogP contribution in [-0.4, -0.2) is 75.6 Å². The Morgan fingerprint density at radius 3 is 2.32 bits per heavy atom. The van der Waals surface area contributed by atoms with Gasteiger partial charge >= 0.3 is 0 Å². The monoisotopic (exact) mass is 426 g/mol. The van der Waals surface area contributed by atoms with E-state index in [9.17, 15) is 9.59 Å². The van der Waals surface area contributed by atoms with Gasteiger partial charge in [0.2, 0.25) is 5.91 Å². The van der Waals surface area contributed by atoms with Gasteiger partial charge in [0.25, 0.3) is 5.91 Å². The molecule has 0 unspecified atom stereocenters. The molecule has 0 aliphatic carbocycles. The van der Waals surface area contributed by atoms with E-state index in [-0.39, 0.29) is 11.8 Å². The first-order valence-electron chi connectivity index (χ1n) is 10.3. The lowest BCUT2D eigenvalue weighted by atomic mass is 10.1. The van der Waals surface area contributed by atoms with E-state index in [1.165, 1.54) is 5.56 Å². The molecule has 1 aliphatic heterocycles. The van der Waals surface area contributed by atoms with Gasteiger partial charge in [-0.2, -0.15) is 0 Å². The zero-order valence-corrected chi connectivity index (χ0v) is 18.3. The number of methoxy groups -OCH3 is 2. The number of rotatable bonds is 8. The minimum atomic E-state index is -0.179. The normalized spacial score (nSPS) is 14.7. The minimum Gasteiger partial charge on any atom is -0.493 e. The van der Waals surface area contributed by atoms with Crippen molar-refractivity contribution in [2.45, 2.75) is 6.54 Å². The Labute approximate surface area is 183 Å². The number of ether oxygens (including phenoxy) is 2. The molecule has 1 aliphatic rings. The molecule has 1 fully saturated rings. The summed E-state index contributed by atoms with van der Waals surface area (Å²) >= 11 is 0. The molecule has 0 atom stereocenters. The molecule has 2 amide bonds. The highest BCUT2D eigenvalue weighted by molar-refractivity contribution is 5.97. The maximum Gasteiger partial charge on any atom is 0.251 e. The van der Waals surface area contributed by atoms with Crippen molar-refractivity contribution in [1.82, 2.24) is 15.1 Å². The molecule has 2 aromatic carbocycles. The number of nitrogens with zero attached hydrogens (tertiary/aromatic N) is 2. The van der Waals surface area contributed by atoms with Crippen molar-refractivity contribution >= 4 is 17.5 Å². The van der Waals surface area contributed by atoms with E-state index in [2.05, 4.69) is 20.4 Å². The summed E-state index contributed by atoms with van der Waals surface area (Å²) in [7, 11) is 4.85. The van der Waals surface area contributed by atoms with Crippen LogP contribution in [0.3, 0.4) is 0 Å². The molecule has 2 N–H and O–H groups in total. The Morgan fingerprint density at radius 1 is 0.935 bits per heavy atom. The first-order valence-corrected chi connectivity index (χ1v) is 10.3. The van der Waals surface area contributed by atoms with E-state index in [1.807, 2.05) is 18.2 Å². The summed E-state index contributed by atoms with van der Waals surface area (Å²) in [4.78, 5) is 28.7. The van der Waals surface area contributed by atoms with E-state index >= 15 is 0 Å². The third kappa shape index (κ3) is 6.19. The summed E-state index contributed by atoms with van der Waals surface area (Å²) in [5.41, 5.74) is 2.31. The Balaban J connectivity index is 1.47. The highest BCUT2D eigenvalue weighted by atomic mass is 16.5. The highest BCUT2D eigenvalue weighted by Crippen LogP contribution is 2.28. The van der Waals surface area contributed by atoms with Gasteiger partial charge in [-0.05, 0) is 35.9 Å². The second kappa shape index (κ2) is 10.8. The molecule has 3 rings (SSSR count). The predicted molar refractivity (Wildman–Crippen MR) is 120 cm³/mol. The highest BCUT2D eigenvalue weighted by Gasteiger charge is 2.20. The smallest absolute Gasteiger partial charge is 0.251 e. The zero-order valence-electron chi connectivity index (χ0n) is 18.3. The Bertz CT molecular complexity index is 910. The number of anilines is 1. The largest absolute Gasteiger partial charge is 0.493 e. The van der Waals surface area contributed by atoms with Gasteiger partial charge in [-0.3, -0.25) is 19.4 Å². The van der Waals surface area contributed by atoms with Gasteiger partial charge in [-0.1, -0.05) is 12.1 Å². The maximum atomic E-state index is 12.4. The summed E-state index contributed by atoms with van der Waals surface area (Å²) < 4.78 is 10.7. The molecule has 8 heteroatoms. The van der Waals surface area contributed by atoms with Crippen molar-refractivity contribution in [3.63, 3.8) is 0 Å². The fraction of sp³-hybridized carbons (Fsp3) is 0.391. The van der Waals surface area contributed by atoms with Crippen LogP contribution in [-0.2, 0) is 11.3 Å². The summed E-state index contributed by atoms with van der Waals surface area (Å²) in [6.07, 6.45) is 0. The van der Waals surface area contributed by atoms with Crippen molar-refractivity contribution in [1.29, 1.82) is 0 Å². The van der Waals surface area contributed by atoms with E-state index in [0.29, 0.717) is 17.8 Å². The van der Waals surface area contributed by atoms with Crippen molar-refractivity contribution in [3.8, 4) is 11.5 Å². The average Bonchev–Trinajstić information content (AvgIpc) is 2.79. The van der Waals surface area contributed by atoms with Gasteiger partial charge in [0.1, 0.15) is 0 Å². The van der Waals surface area contributed by atoms with Crippen LogP contribution in [0.4, 0.5) is 5.69 Å². The quantitative estimate of drug-likeness (QED) is 0.670. The molecule has 2 aromatic rings. The van der Waals surface area contributed by atoms with Crippen molar-refractivity contribution in [2.75, 3.05) is 59.3 Å². The minimum absolute atomic E-state index is 0.0811. The molecular formula is C23H30N4O4. The summed E-state index contributed by atoms with van der Waals surface area (Å²) in [5, 5.41) is 5.47. The Morgan fingerprint density at radius 2 is 1.65 bits per heavy atom. The Kier molecular flexibility index (Phi) is 7.86. The van der Waals surface area contributed by atoms with Crippen LogP contribution in [0.5, 0.6) is 11.5 Å². The van der Waals surface area contributed by atoms with E-state index in [1.54, 1.807) is 45.5 Å². The molecule has 8 nitrogen and oxygen atoms in total. The molecule has 1 saturated heterocycles. The van der Waals surface area contributed by atoms with Crippen LogP contribution in [0.15, 0.2) is 42.5 Å². The lowest BCUT2D eigenvalue weighted by molar-refractivity contribution is -0.117. The molecule has 1 heterocycles. The van der Waals surface area contributed by atoms with E-state index in [0.717, 1.165) is 44.2 Å². The molecule has 0 aromatic heterocycles. The van der Waals surface area contributed by atoms with Crippen LogP contribution in [0.1, 0.15) is 15.9 Å². The van der Waals surface area contributed by atoms with E-state index < -0.39 is 0 Å². The van der Waals surface area contributed by atoms with Crippen LogP contribution in [0.2, 0.25) is 0 Å². The molecule has 0 saturated carbocycles. The molecule has 166 valence electrons. The van der Waals surface area contributed by atoms with Gasteiger partial charge in [-0.25, -0.2) is 0 Å². The third-order valence-electron chi connectivity index (χ3n) is 5.32. The van der Waals surface area contributed by atoms with Crippen LogP contribution in [0.25, 0.3) is 0 Å². The van der Waals surface area contributed by atoms with Crippen LogP contribution < -0.4 is 20.1 Å². The standard InChI is InChI=1S/C23H30N4O4/c1-24-23(29)18-5-4-6-19(14-18)25-22(28)16-27-11-9-26(10-12-27)15-17-7-8-20(30-2)21(13-17)31-3/h4-8,13-14H,9-12,15-16H2,1-3H3,(H,24,29)(H,25,28). The van der Waals surface area contributed by atoms with Gasteiger partial charge in [-0.15, -0.1) is 0 Å². The topological polar surface area (TPSA) is 83.1 Å². The first-order chi connectivity index (χ1) is 15.0. The first kappa shape index (κ1) is 22.6. The number of amides is 2. The average molecular weight is 427 g/mol. The summed E-state index contributed by atoms with van der Waals surface area (Å²) in [6, 6.07) is 12.9. The van der Waals surface area contributed by atoms with Crippen molar-refractivity contribution < 1.29 is 19.1 Å². The van der Waals surface area contributed by atoms with Crippen LogP contribution >= 0.6 is 0 Å². The predicted octanol–water partition coefficient (Wildman–Crippen LogP) is 1.82. The van der Waals surface area contributed by atoms with E-state index in [4.69, 9.17) is 9.47 Å². The number of hydrogen-bond donors (Lipinski definition) is 2. The van der Waals surface area contributed by atoms with Gasteiger partial charge in [0, 0.05) is 51.0 Å². The number of carbonyl (C=O) groups excluding carboxylic acids is 2. The molecule has 0 radical (unpaired) electrons. The number of benzene rings is 2. The Hall–Kier alpha value is -3.10. The molecular weight excluding hydrogens is 396 g/mol. The fourth-order valence-corrected chi connectivity index (χ4v) is 3.63. The van der Waals surface area contributed by atoms with Gasteiger partial charge < -0.3 is 20.1 Å². The number of nitrogens with one attached hydrogen (secondary N) is 2. The van der Waals surface area contributed by atoms with Crippen molar-refractivity contribution in [2.24, 2.45) is 0 Å². The number of piperazine rings is 1. The second-order valence-electron chi connectivity index (χ2n) is 7.45. The summed E-state index contributed by atoms with van der Waals surface area (Å²) in [6.45, 7) is 4.56. The fourth-order valence-electron chi connectivity index (χ4n) is 3.63. The molecule has 31 heavy (non-hydrogen) atoms. The van der Waals surface area contributed by atoms with Crippen molar-refractivity contribution in [3.05, 3.63) is 53.6 Å². The molecule has 0 spiro atoms. The second-order valence-corrected chi connectivity index (χ2v) is 7.45.